The molecule has 90 valence electrons. The van der Waals surface area contributed by atoms with Gasteiger partial charge in [0.05, 0.1) is 21.7 Å². The Hall–Kier alpha value is -0.520. The maximum absolute atomic E-state index is 11.9. The van der Waals surface area contributed by atoms with Crippen molar-refractivity contribution in [1.29, 1.82) is 0 Å². The summed E-state index contributed by atoms with van der Waals surface area (Å²) in [7, 11) is 1.64. The van der Waals surface area contributed by atoms with Crippen molar-refractivity contribution in [2.75, 3.05) is 20.0 Å². The van der Waals surface area contributed by atoms with E-state index in [1.807, 2.05) is 25.3 Å². The number of thioether (sulfide) groups is 1. The number of nitrogens with one attached hydrogen (secondary N) is 1. The van der Waals surface area contributed by atoms with Crippen LogP contribution in [0.5, 0.6) is 0 Å². The fraction of sp³-hybridized carbons (Fsp3) is 0.545. The molecule has 0 saturated heterocycles. The third kappa shape index (κ3) is 3.81. The van der Waals surface area contributed by atoms with Gasteiger partial charge in [-0.1, -0.05) is 6.92 Å². The second kappa shape index (κ2) is 6.93. The van der Waals surface area contributed by atoms with Gasteiger partial charge in [-0.05, 0) is 24.8 Å². The maximum Gasteiger partial charge on any atom is 0.261 e. The standard InChI is InChI=1S/C11H17NO2S2/c1-4-8(7-14-2)12-11(13)9-5-6-10(15-3)16-9/h5-6,8H,4,7H2,1-3H3,(H,12,13). The van der Waals surface area contributed by atoms with Crippen molar-refractivity contribution in [2.45, 2.75) is 23.6 Å². The average molecular weight is 259 g/mol. The second-order valence-electron chi connectivity index (χ2n) is 3.36. The molecular formula is C11H17NO2S2. The lowest BCUT2D eigenvalue weighted by molar-refractivity contribution is 0.0898. The van der Waals surface area contributed by atoms with Crippen molar-refractivity contribution in [3.8, 4) is 0 Å². The molecule has 1 heterocycles. The van der Waals surface area contributed by atoms with Crippen LogP contribution in [0.1, 0.15) is 23.0 Å². The summed E-state index contributed by atoms with van der Waals surface area (Å²) < 4.78 is 6.20. The van der Waals surface area contributed by atoms with Crippen LogP contribution < -0.4 is 5.32 Å². The van der Waals surface area contributed by atoms with Gasteiger partial charge in [0.2, 0.25) is 0 Å². The summed E-state index contributed by atoms with van der Waals surface area (Å²) in [5.74, 6) is -0.00537. The number of hydrogen-bond donors (Lipinski definition) is 1. The van der Waals surface area contributed by atoms with E-state index < -0.39 is 0 Å². The SMILES string of the molecule is CCC(COC)NC(=O)c1ccc(SC)s1. The molecule has 0 spiro atoms. The molecule has 1 atom stereocenters. The molecule has 1 unspecified atom stereocenters. The van der Waals surface area contributed by atoms with E-state index in [-0.39, 0.29) is 11.9 Å². The van der Waals surface area contributed by atoms with Crippen LogP contribution >= 0.6 is 23.1 Å². The Balaban J connectivity index is 2.56. The lowest BCUT2D eigenvalue weighted by atomic mass is 10.2. The van der Waals surface area contributed by atoms with E-state index in [1.54, 1.807) is 18.9 Å². The molecule has 1 rings (SSSR count). The fourth-order valence-electron chi connectivity index (χ4n) is 1.27. The molecular weight excluding hydrogens is 242 g/mol. The van der Waals surface area contributed by atoms with Crippen molar-refractivity contribution in [3.05, 3.63) is 17.0 Å². The summed E-state index contributed by atoms with van der Waals surface area (Å²) in [6.07, 6.45) is 2.88. The van der Waals surface area contributed by atoms with Crippen molar-refractivity contribution in [1.82, 2.24) is 5.32 Å². The Kier molecular flexibility index (Phi) is 5.87. The summed E-state index contributed by atoms with van der Waals surface area (Å²) in [6, 6.07) is 3.93. The highest BCUT2D eigenvalue weighted by Crippen LogP contribution is 2.25. The number of ether oxygens (including phenoxy) is 1. The highest BCUT2D eigenvalue weighted by molar-refractivity contribution is 8.00. The van der Waals surface area contributed by atoms with E-state index >= 15 is 0 Å². The summed E-state index contributed by atoms with van der Waals surface area (Å²) in [5, 5.41) is 2.96. The minimum Gasteiger partial charge on any atom is -0.383 e. The van der Waals surface area contributed by atoms with Crippen LogP contribution in [0, 0.1) is 0 Å². The Morgan fingerprint density at radius 2 is 2.38 bits per heavy atom. The zero-order chi connectivity index (χ0) is 12.0. The summed E-state index contributed by atoms with van der Waals surface area (Å²) in [6.45, 7) is 2.59. The highest BCUT2D eigenvalue weighted by atomic mass is 32.2. The Bertz CT molecular complexity index is 338. The van der Waals surface area contributed by atoms with Gasteiger partial charge in [-0.15, -0.1) is 23.1 Å². The molecule has 5 heteroatoms. The van der Waals surface area contributed by atoms with E-state index in [4.69, 9.17) is 4.74 Å². The van der Waals surface area contributed by atoms with Crippen LogP contribution in [0.3, 0.4) is 0 Å². The number of methoxy groups -OCH3 is 1. The normalized spacial score (nSPS) is 12.4. The first-order valence-corrected chi connectivity index (χ1v) is 7.19. The van der Waals surface area contributed by atoms with Gasteiger partial charge in [-0.2, -0.15) is 0 Å². The number of amides is 1. The summed E-state index contributed by atoms with van der Waals surface area (Å²) >= 11 is 3.18. The number of thiophene rings is 1. The molecule has 3 nitrogen and oxygen atoms in total. The van der Waals surface area contributed by atoms with Gasteiger partial charge in [0, 0.05) is 7.11 Å². The minimum atomic E-state index is -0.00537. The highest BCUT2D eigenvalue weighted by Gasteiger charge is 2.13. The van der Waals surface area contributed by atoms with Crippen LogP contribution in [-0.2, 0) is 4.74 Å². The average Bonchev–Trinajstić information content (AvgIpc) is 2.76. The Morgan fingerprint density at radius 1 is 1.62 bits per heavy atom. The van der Waals surface area contributed by atoms with Crippen LogP contribution in [-0.4, -0.2) is 31.9 Å². The van der Waals surface area contributed by atoms with E-state index in [0.29, 0.717) is 6.61 Å². The van der Waals surface area contributed by atoms with Crippen LogP contribution in [0.2, 0.25) is 0 Å². The van der Waals surface area contributed by atoms with Crippen molar-refractivity contribution < 1.29 is 9.53 Å². The first-order chi connectivity index (χ1) is 7.71. The largest absolute Gasteiger partial charge is 0.383 e. The molecule has 0 saturated carbocycles. The zero-order valence-corrected chi connectivity index (χ0v) is 11.4. The lowest BCUT2D eigenvalue weighted by Crippen LogP contribution is -2.37. The van der Waals surface area contributed by atoms with Gasteiger partial charge < -0.3 is 10.1 Å². The van der Waals surface area contributed by atoms with Gasteiger partial charge in [-0.25, -0.2) is 0 Å². The molecule has 0 aromatic carbocycles. The monoisotopic (exact) mass is 259 g/mol. The molecule has 0 bridgehead atoms. The predicted molar refractivity (Wildman–Crippen MR) is 69.5 cm³/mol. The van der Waals surface area contributed by atoms with E-state index in [0.717, 1.165) is 15.5 Å². The van der Waals surface area contributed by atoms with Gasteiger partial charge in [0.1, 0.15) is 0 Å². The third-order valence-corrected chi connectivity index (χ3v) is 4.37. The molecule has 1 amide bonds. The van der Waals surface area contributed by atoms with Crippen molar-refractivity contribution >= 4 is 29.0 Å². The third-order valence-electron chi connectivity index (χ3n) is 2.20. The van der Waals surface area contributed by atoms with Gasteiger partial charge in [-0.3, -0.25) is 4.79 Å². The molecule has 16 heavy (non-hydrogen) atoms. The molecule has 0 aliphatic rings. The molecule has 1 N–H and O–H groups in total. The van der Waals surface area contributed by atoms with Crippen LogP contribution in [0.25, 0.3) is 0 Å². The minimum absolute atomic E-state index is 0.00537. The fourth-order valence-corrected chi connectivity index (χ4v) is 2.72. The van der Waals surface area contributed by atoms with E-state index in [2.05, 4.69) is 5.32 Å². The molecule has 1 aromatic rings. The first-order valence-electron chi connectivity index (χ1n) is 5.14. The summed E-state index contributed by atoms with van der Waals surface area (Å²) in [4.78, 5) is 12.6. The van der Waals surface area contributed by atoms with E-state index in [1.165, 1.54) is 11.3 Å². The number of hydrogen-bond acceptors (Lipinski definition) is 4. The first kappa shape index (κ1) is 13.5. The molecule has 0 fully saturated rings. The van der Waals surface area contributed by atoms with Crippen LogP contribution in [0.4, 0.5) is 0 Å². The van der Waals surface area contributed by atoms with Gasteiger partial charge >= 0.3 is 0 Å². The smallest absolute Gasteiger partial charge is 0.261 e. The molecule has 1 aromatic heterocycles. The van der Waals surface area contributed by atoms with Gasteiger partial charge in [0.15, 0.2) is 0 Å². The number of carbonyl (C=O) groups is 1. The lowest BCUT2D eigenvalue weighted by Gasteiger charge is -2.14. The predicted octanol–water partition coefficient (Wildman–Crippen LogP) is 2.62. The maximum atomic E-state index is 11.9. The molecule has 0 aliphatic carbocycles. The van der Waals surface area contributed by atoms with Crippen molar-refractivity contribution in [2.24, 2.45) is 0 Å². The molecule has 0 aliphatic heterocycles. The quantitative estimate of drug-likeness (QED) is 0.798. The number of carbonyl (C=O) groups excluding carboxylic acids is 1. The van der Waals surface area contributed by atoms with Crippen molar-refractivity contribution in [3.63, 3.8) is 0 Å². The summed E-state index contributed by atoms with van der Waals surface area (Å²) in [5.41, 5.74) is 0. The topological polar surface area (TPSA) is 38.3 Å². The zero-order valence-electron chi connectivity index (χ0n) is 9.78. The van der Waals surface area contributed by atoms with Crippen LogP contribution in [0.15, 0.2) is 16.3 Å². The van der Waals surface area contributed by atoms with Gasteiger partial charge in [0.25, 0.3) is 5.91 Å². The van der Waals surface area contributed by atoms with E-state index in [9.17, 15) is 4.79 Å². The Morgan fingerprint density at radius 3 is 2.88 bits per heavy atom. The number of rotatable bonds is 6. The second-order valence-corrected chi connectivity index (χ2v) is 5.55. The Labute approximate surface area is 105 Å². The molecule has 0 radical (unpaired) electrons.